The summed E-state index contributed by atoms with van der Waals surface area (Å²) in [4.78, 5) is 12.0. The van der Waals surface area contributed by atoms with Crippen LogP contribution in [0.1, 0.15) is 18.9 Å². The van der Waals surface area contributed by atoms with Gasteiger partial charge in [-0.2, -0.15) is 5.26 Å². The van der Waals surface area contributed by atoms with Crippen LogP contribution >= 0.6 is 0 Å². The maximum atomic E-state index is 12.0. The van der Waals surface area contributed by atoms with Crippen molar-refractivity contribution in [3.8, 4) is 23.1 Å². The maximum Gasteiger partial charge on any atom is 0.268 e. The molecule has 4 nitrogen and oxygen atoms in total. The number of aromatic nitrogens is 1. The molecule has 0 amide bonds. The zero-order valence-corrected chi connectivity index (χ0v) is 11.6. The number of pyridine rings is 1. The predicted molar refractivity (Wildman–Crippen MR) is 77.6 cm³/mol. The molecule has 2 aromatic rings. The highest BCUT2D eigenvalue weighted by molar-refractivity contribution is 5.62. The first-order valence-corrected chi connectivity index (χ1v) is 6.50. The van der Waals surface area contributed by atoms with E-state index in [-0.39, 0.29) is 11.1 Å². The van der Waals surface area contributed by atoms with Crippen LogP contribution in [0.15, 0.2) is 41.2 Å². The van der Waals surface area contributed by atoms with Gasteiger partial charge < -0.3 is 9.30 Å². The molecule has 1 heterocycles. The molecule has 0 unspecified atom stereocenters. The summed E-state index contributed by atoms with van der Waals surface area (Å²) in [6, 6.07) is 12.8. The molecular weight excluding hydrogens is 252 g/mol. The van der Waals surface area contributed by atoms with E-state index >= 15 is 0 Å². The molecule has 0 saturated carbocycles. The van der Waals surface area contributed by atoms with Gasteiger partial charge in [-0.3, -0.25) is 4.79 Å². The quantitative estimate of drug-likeness (QED) is 0.856. The molecule has 102 valence electrons. The lowest BCUT2D eigenvalue weighted by molar-refractivity contribution is 0.317. The second-order valence-corrected chi connectivity index (χ2v) is 4.48. The molecule has 1 aromatic carbocycles. The van der Waals surface area contributed by atoms with Crippen molar-refractivity contribution in [3.63, 3.8) is 0 Å². The highest BCUT2D eigenvalue weighted by Gasteiger charge is 2.08. The minimum Gasteiger partial charge on any atom is -0.494 e. The van der Waals surface area contributed by atoms with Gasteiger partial charge in [-0.05, 0) is 30.7 Å². The summed E-state index contributed by atoms with van der Waals surface area (Å²) in [5.41, 5.74) is 1.51. The first-order valence-electron chi connectivity index (χ1n) is 6.50. The predicted octanol–water partition coefficient (Wildman–Crippen LogP) is 2.71. The molecule has 0 atom stereocenters. The van der Waals surface area contributed by atoms with Gasteiger partial charge in [0.1, 0.15) is 17.4 Å². The van der Waals surface area contributed by atoms with Crippen molar-refractivity contribution in [3.05, 3.63) is 52.3 Å². The van der Waals surface area contributed by atoms with E-state index in [2.05, 4.69) is 0 Å². The molecule has 20 heavy (non-hydrogen) atoms. The molecular formula is C16H16N2O2. The van der Waals surface area contributed by atoms with Gasteiger partial charge in [0.15, 0.2) is 0 Å². The van der Waals surface area contributed by atoms with Gasteiger partial charge >= 0.3 is 0 Å². The number of ether oxygens (including phenoxy) is 1. The van der Waals surface area contributed by atoms with Crippen molar-refractivity contribution in [1.82, 2.24) is 4.57 Å². The fourth-order valence-electron chi connectivity index (χ4n) is 1.98. The van der Waals surface area contributed by atoms with Crippen molar-refractivity contribution in [2.75, 3.05) is 6.61 Å². The number of nitriles is 1. The monoisotopic (exact) mass is 268 g/mol. The molecule has 1 aromatic heterocycles. The van der Waals surface area contributed by atoms with Crippen molar-refractivity contribution in [1.29, 1.82) is 5.26 Å². The highest BCUT2D eigenvalue weighted by atomic mass is 16.5. The van der Waals surface area contributed by atoms with Crippen LogP contribution < -0.4 is 10.3 Å². The Bertz CT molecular complexity index is 711. The van der Waals surface area contributed by atoms with Crippen LogP contribution in [0, 0.1) is 11.3 Å². The van der Waals surface area contributed by atoms with Gasteiger partial charge in [0.2, 0.25) is 0 Å². The van der Waals surface area contributed by atoms with Gasteiger partial charge in [-0.15, -0.1) is 0 Å². The van der Waals surface area contributed by atoms with Crippen LogP contribution in [0.4, 0.5) is 0 Å². The molecule has 0 aliphatic heterocycles. The van der Waals surface area contributed by atoms with E-state index < -0.39 is 0 Å². The summed E-state index contributed by atoms with van der Waals surface area (Å²) in [6.07, 6.45) is 0.944. The topological polar surface area (TPSA) is 55.0 Å². The molecule has 0 spiro atoms. The third kappa shape index (κ3) is 2.72. The van der Waals surface area contributed by atoms with E-state index in [1.165, 1.54) is 4.57 Å². The molecule has 0 fully saturated rings. The standard InChI is InChI=1S/C16H16N2O2/c1-3-9-20-14-6-4-5-12(10-14)15-8-7-13(11-17)16(19)18(15)2/h4-8,10H,3,9H2,1-2H3. The van der Waals surface area contributed by atoms with E-state index in [0.29, 0.717) is 6.61 Å². The fourth-order valence-corrected chi connectivity index (χ4v) is 1.98. The van der Waals surface area contributed by atoms with Crippen molar-refractivity contribution < 1.29 is 4.74 Å². The second-order valence-electron chi connectivity index (χ2n) is 4.48. The Balaban J connectivity index is 2.45. The Morgan fingerprint density at radius 1 is 1.30 bits per heavy atom. The fraction of sp³-hybridized carbons (Fsp3) is 0.250. The first kappa shape index (κ1) is 13.9. The summed E-state index contributed by atoms with van der Waals surface area (Å²) in [7, 11) is 1.66. The van der Waals surface area contributed by atoms with E-state index in [0.717, 1.165) is 23.4 Å². The van der Waals surface area contributed by atoms with E-state index in [4.69, 9.17) is 10.00 Å². The molecule has 0 aliphatic carbocycles. The molecule has 0 N–H and O–H groups in total. The lowest BCUT2D eigenvalue weighted by atomic mass is 10.1. The van der Waals surface area contributed by atoms with E-state index in [1.54, 1.807) is 19.2 Å². The first-order chi connectivity index (χ1) is 9.67. The molecule has 0 saturated heterocycles. The summed E-state index contributed by atoms with van der Waals surface area (Å²) >= 11 is 0. The number of hydrogen-bond donors (Lipinski definition) is 0. The second kappa shape index (κ2) is 6.07. The zero-order valence-electron chi connectivity index (χ0n) is 11.6. The van der Waals surface area contributed by atoms with Crippen molar-refractivity contribution in [2.24, 2.45) is 7.05 Å². The van der Waals surface area contributed by atoms with Crippen LogP contribution in [0.3, 0.4) is 0 Å². The van der Waals surface area contributed by atoms with Crippen LogP contribution in [-0.4, -0.2) is 11.2 Å². The number of benzene rings is 1. The van der Waals surface area contributed by atoms with Crippen LogP contribution in [0.2, 0.25) is 0 Å². The summed E-state index contributed by atoms with van der Waals surface area (Å²) in [5, 5.41) is 8.86. The molecule has 0 bridgehead atoms. The van der Waals surface area contributed by atoms with Crippen molar-refractivity contribution >= 4 is 0 Å². The van der Waals surface area contributed by atoms with Gasteiger partial charge in [0, 0.05) is 12.6 Å². The molecule has 4 heteroatoms. The van der Waals surface area contributed by atoms with Crippen molar-refractivity contribution in [2.45, 2.75) is 13.3 Å². The summed E-state index contributed by atoms with van der Waals surface area (Å²) < 4.78 is 7.08. The average Bonchev–Trinajstić information content (AvgIpc) is 2.48. The SMILES string of the molecule is CCCOc1cccc(-c2ccc(C#N)c(=O)n2C)c1. The third-order valence-electron chi connectivity index (χ3n) is 3.03. The van der Waals surface area contributed by atoms with Crippen LogP contribution in [0.25, 0.3) is 11.3 Å². The smallest absolute Gasteiger partial charge is 0.268 e. The Kier molecular flexibility index (Phi) is 4.21. The minimum atomic E-state index is -0.287. The lowest BCUT2D eigenvalue weighted by Gasteiger charge is -2.10. The number of nitrogens with zero attached hydrogens (tertiary/aromatic N) is 2. The van der Waals surface area contributed by atoms with Crippen LogP contribution in [-0.2, 0) is 7.05 Å². The van der Waals surface area contributed by atoms with Gasteiger partial charge in [-0.25, -0.2) is 0 Å². The third-order valence-corrected chi connectivity index (χ3v) is 3.03. The maximum absolute atomic E-state index is 12.0. The molecule has 2 rings (SSSR count). The highest BCUT2D eigenvalue weighted by Crippen LogP contribution is 2.23. The Morgan fingerprint density at radius 3 is 2.80 bits per heavy atom. The normalized spacial score (nSPS) is 10.1. The van der Waals surface area contributed by atoms with E-state index in [9.17, 15) is 4.79 Å². The number of hydrogen-bond acceptors (Lipinski definition) is 3. The Morgan fingerprint density at radius 2 is 2.10 bits per heavy atom. The molecule has 0 aliphatic rings. The average molecular weight is 268 g/mol. The minimum absolute atomic E-state index is 0.148. The summed E-state index contributed by atoms with van der Waals surface area (Å²) in [6.45, 7) is 2.71. The van der Waals surface area contributed by atoms with Gasteiger partial charge in [0.25, 0.3) is 5.56 Å². The van der Waals surface area contributed by atoms with Gasteiger partial charge in [0.05, 0.1) is 12.3 Å². The Labute approximate surface area is 117 Å². The summed E-state index contributed by atoms with van der Waals surface area (Å²) in [5.74, 6) is 0.779. The van der Waals surface area contributed by atoms with E-state index in [1.807, 2.05) is 37.3 Å². The van der Waals surface area contributed by atoms with Gasteiger partial charge in [-0.1, -0.05) is 19.1 Å². The molecule has 0 radical (unpaired) electrons. The largest absolute Gasteiger partial charge is 0.494 e. The Hall–Kier alpha value is -2.54. The van der Waals surface area contributed by atoms with Crippen LogP contribution in [0.5, 0.6) is 5.75 Å². The lowest BCUT2D eigenvalue weighted by Crippen LogP contribution is -2.20. The number of rotatable bonds is 4. The zero-order chi connectivity index (χ0) is 14.5.